The summed E-state index contributed by atoms with van der Waals surface area (Å²) in [6.07, 6.45) is 11.8. The van der Waals surface area contributed by atoms with Crippen molar-refractivity contribution < 1.29 is 4.79 Å². The number of anilines is 1. The van der Waals surface area contributed by atoms with Crippen LogP contribution in [0, 0.1) is 0 Å². The van der Waals surface area contributed by atoms with Crippen molar-refractivity contribution in [1.29, 1.82) is 0 Å². The van der Waals surface area contributed by atoms with Crippen molar-refractivity contribution in [3.63, 3.8) is 0 Å². The Bertz CT molecular complexity index is 758. The fourth-order valence-electron chi connectivity index (χ4n) is 2.76. The quantitative estimate of drug-likeness (QED) is 0.651. The van der Waals surface area contributed by atoms with Gasteiger partial charge in [-0.25, -0.2) is 4.98 Å². The fraction of sp³-hybridized carbons (Fsp3) is 0.263. The van der Waals surface area contributed by atoms with Gasteiger partial charge in [0, 0.05) is 17.0 Å². The van der Waals surface area contributed by atoms with Crippen molar-refractivity contribution in [3.05, 3.63) is 59.0 Å². The maximum atomic E-state index is 11.8. The van der Waals surface area contributed by atoms with Crippen molar-refractivity contribution in [2.24, 2.45) is 0 Å². The molecule has 1 heterocycles. The maximum absolute atomic E-state index is 11.8. The SMILES string of the molecule is C/C=C/C=C/C(=O)Nc1nc(-c2ccc3c(c2)CCCC3)cs1. The molecule has 4 heteroatoms. The molecule has 0 saturated heterocycles. The Labute approximate surface area is 140 Å². The lowest BCUT2D eigenvalue weighted by molar-refractivity contribution is -0.111. The molecule has 0 bridgehead atoms. The van der Waals surface area contributed by atoms with E-state index in [2.05, 4.69) is 28.5 Å². The van der Waals surface area contributed by atoms with Gasteiger partial charge < -0.3 is 0 Å². The number of thiazole rings is 1. The highest BCUT2D eigenvalue weighted by molar-refractivity contribution is 7.14. The van der Waals surface area contributed by atoms with Crippen LogP contribution in [0.4, 0.5) is 5.13 Å². The molecule has 0 saturated carbocycles. The molecule has 1 aromatic carbocycles. The van der Waals surface area contributed by atoms with Gasteiger partial charge in [-0.1, -0.05) is 30.4 Å². The summed E-state index contributed by atoms with van der Waals surface area (Å²) < 4.78 is 0. The first-order chi connectivity index (χ1) is 11.3. The van der Waals surface area contributed by atoms with Crippen LogP contribution in [0.15, 0.2) is 47.9 Å². The third kappa shape index (κ3) is 3.96. The monoisotopic (exact) mass is 324 g/mol. The highest BCUT2D eigenvalue weighted by Crippen LogP contribution is 2.29. The van der Waals surface area contributed by atoms with E-state index in [0.717, 1.165) is 17.7 Å². The molecule has 0 fully saturated rings. The molecule has 2 aromatic rings. The number of carbonyl (C=O) groups excluding carboxylic acids is 1. The fourth-order valence-corrected chi connectivity index (χ4v) is 3.48. The van der Waals surface area contributed by atoms with Gasteiger partial charge in [0.15, 0.2) is 5.13 Å². The number of hydrogen-bond acceptors (Lipinski definition) is 3. The highest BCUT2D eigenvalue weighted by atomic mass is 32.1. The minimum atomic E-state index is -0.158. The topological polar surface area (TPSA) is 42.0 Å². The summed E-state index contributed by atoms with van der Waals surface area (Å²) in [5, 5.41) is 5.43. The molecule has 1 aromatic heterocycles. The Morgan fingerprint density at radius 2 is 2.04 bits per heavy atom. The number of benzene rings is 1. The van der Waals surface area contributed by atoms with Gasteiger partial charge >= 0.3 is 0 Å². The first kappa shape index (κ1) is 15.7. The Morgan fingerprint density at radius 1 is 1.22 bits per heavy atom. The average Bonchev–Trinajstić information content (AvgIpc) is 3.03. The normalized spacial score (nSPS) is 14.3. The zero-order chi connectivity index (χ0) is 16.1. The van der Waals surface area contributed by atoms with Crippen LogP contribution in [-0.4, -0.2) is 10.9 Å². The Hall–Kier alpha value is -2.20. The first-order valence-corrected chi connectivity index (χ1v) is 8.82. The van der Waals surface area contributed by atoms with Crippen LogP contribution < -0.4 is 5.32 Å². The summed E-state index contributed by atoms with van der Waals surface area (Å²) in [5.41, 5.74) is 4.97. The molecule has 0 radical (unpaired) electrons. The zero-order valence-electron chi connectivity index (χ0n) is 13.2. The molecule has 1 N–H and O–H groups in total. The molecule has 118 valence electrons. The predicted octanol–water partition coefficient (Wildman–Crippen LogP) is 4.76. The van der Waals surface area contributed by atoms with Gasteiger partial charge in [-0.2, -0.15) is 0 Å². The van der Waals surface area contributed by atoms with Crippen LogP contribution in [-0.2, 0) is 17.6 Å². The van der Waals surface area contributed by atoms with Crippen LogP contribution >= 0.6 is 11.3 Å². The highest BCUT2D eigenvalue weighted by Gasteiger charge is 2.12. The molecule has 1 amide bonds. The van der Waals surface area contributed by atoms with Crippen molar-refractivity contribution in [2.45, 2.75) is 32.6 Å². The minimum Gasteiger partial charge on any atom is -0.298 e. The second-order valence-electron chi connectivity index (χ2n) is 5.60. The van der Waals surface area contributed by atoms with Crippen LogP contribution in [0.5, 0.6) is 0 Å². The van der Waals surface area contributed by atoms with E-state index < -0.39 is 0 Å². The molecule has 3 rings (SSSR count). The van der Waals surface area contributed by atoms with E-state index in [4.69, 9.17) is 0 Å². The van der Waals surface area contributed by atoms with Crippen LogP contribution in [0.25, 0.3) is 11.3 Å². The summed E-state index contributed by atoms with van der Waals surface area (Å²) in [5.74, 6) is -0.158. The van der Waals surface area contributed by atoms with Crippen molar-refractivity contribution in [1.82, 2.24) is 4.98 Å². The average molecular weight is 324 g/mol. The Balaban J connectivity index is 1.73. The number of nitrogens with one attached hydrogen (secondary N) is 1. The lowest BCUT2D eigenvalue weighted by atomic mass is 9.90. The van der Waals surface area contributed by atoms with Crippen molar-refractivity contribution in [2.75, 3.05) is 5.32 Å². The maximum Gasteiger partial charge on any atom is 0.250 e. The molecule has 0 aliphatic heterocycles. The van der Waals surface area contributed by atoms with Crippen molar-refractivity contribution in [3.8, 4) is 11.3 Å². The number of amides is 1. The summed E-state index contributed by atoms with van der Waals surface area (Å²) in [7, 11) is 0. The summed E-state index contributed by atoms with van der Waals surface area (Å²) in [4.78, 5) is 16.3. The number of carbonyl (C=O) groups is 1. The van der Waals surface area contributed by atoms with E-state index in [0.29, 0.717) is 5.13 Å². The molecule has 23 heavy (non-hydrogen) atoms. The third-order valence-corrected chi connectivity index (χ3v) is 4.69. The number of aryl methyl sites for hydroxylation is 2. The Kier molecular flexibility index (Phi) is 5.03. The minimum absolute atomic E-state index is 0.158. The van der Waals surface area contributed by atoms with Gasteiger partial charge in [0.2, 0.25) is 5.91 Å². The van der Waals surface area contributed by atoms with Gasteiger partial charge in [0.25, 0.3) is 0 Å². The standard InChI is InChI=1S/C19H20N2OS/c1-2-3-4-9-18(22)21-19-20-17(13-23-19)16-11-10-14-7-5-6-8-15(14)12-16/h2-4,9-13H,5-8H2,1H3,(H,20,21,22)/b3-2+,9-4+. The van der Waals surface area contributed by atoms with Gasteiger partial charge in [-0.15, -0.1) is 11.3 Å². The second-order valence-corrected chi connectivity index (χ2v) is 6.46. The van der Waals surface area contributed by atoms with Crippen molar-refractivity contribution >= 4 is 22.4 Å². The molecular formula is C19H20N2OS. The van der Waals surface area contributed by atoms with Crippen LogP contribution in [0.3, 0.4) is 0 Å². The van der Waals surface area contributed by atoms with E-state index >= 15 is 0 Å². The lowest BCUT2D eigenvalue weighted by Gasteiger charge is -2.16. The number of rotatable bonds is 4. The third-order valence-electron chi connectivity index (χ3n) is 3.93. The Morgan fingerprint density at radius 3 is 2.87 bits per heavy atom. The smallest absolute Gasteiger partial charge is 0.250 e. The number of aromatic nitrogens is 1. The van der Waals surface area contributed by atoms with Crippen LogP contribution in [0.2, 0.25) is 0 Å². The van der Waals surface area contributed by atoms with E-state index in [1.54, 1.807) is 6.08 Å². The van der Waals surface area contributed by atoms with E-state index in [-0.39, 0.29) is 5.91 Å². The number of nitrogens with zero attached hydrogens (tertiary/aromatic N) is 1. The summed E-state index contributed by atoms with van der Waals surface area (Å²) >= 11 is 1.45. The summed E-state index contributed by atoms with van der Waals surface area (Å²) in [6.45, 7) is 1.91. The van der Waals surface area contributed by atoms with Gasteiger partial charge in [-0.3, -0.25) is 10.1 Å². The first-order valence-electron chi connectivity index (χ1n) is 7.94. The summed E-state index contributed by atoms with van der Waals surface area (Å²) in [6, 6.07) is 6.61. The van der Waals surface area contributed by atoms with Crippen LogP contribution in [0.1, 0.15) is 30.9 Å². The molecule has 1 aliphatic carbocycles. The van der Waals surface area contributed by atoms with Gasteiger partial charge in [-0.05, 0) is 49.8 Å². The van der Waals surface area contributed by atoms with Gasteiger partial charge in [0.05, 0.1) is 5.69 Å². The van der Waals surface area contributed by atoms with E-state index in [1.165, 1.54) is 47.8 Å². The molecule has 0 atom stereocenters. The number of allylic oxidation sites excluding steroid dienone is 3. The van der Waals surface area contributed by atoms with E-state index in [1.807, 2.05) is 24.5 Å². The molecule has 1 aliphatic rings. The zero-order valence-corrected chi connectivity index (χ0v) is 14.0. The predicted molar refractivity (Wildman–Crippen MR) is 96.8 cm³/mol. The number of hydrogen-bond donors (Lipinski definition) is 1. The second kappa shape index (κ2) is 7.38. The molecule has 0 unspecified atom stereocenters. The molecule has 3 nitrogen and oxygen atoms in total. The van der Waals surface area contributed by atoms with Gasteiger partial charge in [0.1, 0.15) is 0 Å². The van der Waals surface area contributed by atoms with E-state index in [9.17, 15) is 4.79 Å². The number of fused-ring (bicyclic) bond motifs is 1. The lowest BCUT2D eigenvalue weighted by Crippen LogP contribution is -2.07. The molecule has 0 spiro atoms. The molecular weight excluding hydrogens is 304 g/mol. The largest absolute Gasteiger partial charge is 0.298 e.